The van der Waals surface area contributed by atoms with E-state index in [9.17, 15) is 4.79 Å². The van der Waals surface area contributed by atoms with Crippen LogP contribution in [-0.4, -0.2) is 20.6 Å². The van der Waals surface area contributed by atoms with Gasteiger partial charge in [-0.25, -0.2) is 0 Å². The van der Waals surface area contributed by atoms with E-state index in [2.05, 4.69) is 45.0 Å². The van der Waals surface area contributed by atoms with Gasteiger partial charge in [0.15, 0.2) is 5.11 Å². The Bertz CT molecular complexity index is 1430. The Morgan fingerprint density at radius 3 is 2.44 bits per heavy atom. The van der Waals surface area contributed by atoms with E-state index in [-0.39, 0.29) is 18.0 Å². The summed E-state index contributed by atoms with van der Waals surface area (Å²) >= 11 is 12.5. The maximum absolute atomic E-state index is 11.5. The molecule has 8 heteroatoms. The van der Waals surface area contributed by atoms with Crippen molar-refractivity contribution < 1.29 is 4.79 Å². The highest BCUT2D eigenvalue weighted by atomic mass is 35.5. The second-order valence-electron chi connectivity index (χ2n) is 8.84. The molecule has 6 nitrogen and oxygen atoms in total. The number of thiocarbonyl (C=S) groups is 1. The van der Waals surface area contributed by atoms with E-state index in [0.29, 0.717) is 10.1 Å². The Balaban J connectivity index is 1.64. The molecule has 182 valence electrons. The number of benzene rings is 2. The number of amides is 1. The Kier molecular flexibility index (Phi) is 6.51. The largest absolute Gasteiger partial charge is 0.351 e. The van der Waals surface area contributed by atoms with Crippen LogP contribution >= 0.6 is 23.8 Å². The highest BCUT2D eigenvalue weighted by Crippen LogP contribution is 2.44. The molecule has 0 aliphatic carbocycles. The first-order valence-corrected chi connectivity index (χ1v) is 12.5. The third kappa shape index (κ3) is 4.36. The number of pyridine rings is 1. The van der Waals surface area contributed by atoms with E-state index in [1.807, 2.05) is 66.7 Å². The summed E-state index contributed by atoms with van der Waals surface area (Å²) in [5, 5.41) is 7.64. The monoisotopic (exact) mass is 515 g/mol. The number of nitrogens with one attached hydrogen (secondary N) is 2. The van der Waals surface area contributed by atoms with Gasteiger partial charge in [-0.05, 0) is 86.2 Å². The molecular formula is C28H26ClN5OS. The summed E-state index contributed by atoms with van der Waals surface area (Å²) < 4.78 is 2.19. The predicted molar refractivity (Wildman–Crippen MR) is 149 cm³/mol. The van der Waals surface area contributed by atoms with Crippen LogP contribution in [0, 0.1) is 13.8 Å². The van der Waals surface area contributed by atoms with Crippen LogP contribution in [0.25, 0.3) is 5.69 Å². The topological polar surface area (TPSA) is 62.2 Å². The number of aromatic nitrogens is 2. The zero-order valence-electron chi connectivity index (χ0n) is 20.2. The summed E-state index contributed by atoms with van der Waals surface area (Å²) in [4.78, 5) is 18.3. The van der Waals surface area contributed by atoms with Crippen LogP contribution in [0.5, 0.6) is 0 Å². The highest BCUT2D eigenvalue weighted by molar-refractivity contribution is 7.80. The van der Waals surface area contributed by atoms with Gasteiger partial charge in [0.05, 0.1) is 28.5 Å². The van der Waals surface area contributed by atoms with Gasteiger partial charge in [-0.15, -0.1) is 0 Å². The number of anilines is 2. The van der Waals surface area contributed by atoms with E-state index in [1.165, 1.54) is 6.92 Å². The van der Waals surface area contributed by atoms with Crippen molar-refractivity contribution in [2.75, 3.05) is 10.2 Å². The summed E-state index contributed by atoms with van der Waals surface area (Å²) in [6.45, 7) is 5.69. The van der Waals surface area contributed by atoms with Crippen molar-refractivity contribution in [1.29, 1.82) is 0 Å². The van der Waals surface area contributed by atoms with Crippen LogP contribution in [0.1, 0.15) is 41.7 Å². The Morgan fingerprint density at radius 1 is 1.06 bits per heavy atom. The van der Waals surface area contributed by atoms with E-state index in [1.54, 1.807) is 6.20 Å². The van der Waals surface area contributed by atoms with Gasteiger partial charge >= 0.3 is 0 Å². The van der Waals surface area contributed by atoms with E-state index in [4.69, 9.17) is 23.8 Å². The number of rotatable bonds is 5. The van der Waals surface area contributed by atoms with Gasteiger partial charge in [0.1, 0.15) is 0 Å². The van der Waals surface area contributed by atoms with Crippen LogP contribution in [0.2, 0.25) is 5.02 Å². The van der Waals surface area contributed by atoms with Crippen LogP contribution in [0.4, 0.5) is 11.4 Å². The molecule has 5 rings (SSSR count). The van der Waals surface area contributed by atoms with E-state index < -0.39 is 0 Å². The maximum atomic E-state index is 11.5. The van der Waals surface area contributed by atoms with Gasteiger partial charge in [-0.2, -0.15) is 0 Å². The predicted octanol–water partition coefficient (Wildman–Crippen LogP) is 6.28. The number of aryl methyl sites for hydroxylation is 1. The first kappa shape index (κ1) is 24.0. The third-order valence-electron chi connectivity index (χ3n) is 6.45. The number of nitrogens with zero attached hydrogens (tertiary/aromatic N) is 3. The normalized spacial score (nSPS) is 17.2. The van der Waals surface area contributed by atoms with Gasteiger partial charge in [-0.1, -0.05) is 29.8 Å². The molecule has 2 atom stereocenters. The van der Waals surface area contributed by atoms with Crippen molar-refractivity contribution in [2.45, 2.75) is 32.9 Å². The molecule has 2 N–H and O–H groups in total. The van der Waals surface area contributed by atoms with Crippen LogP contribution in [-0.2, 0) is 4.79 Å². The van der Waals surface area contributed by atoms with Gasteiger partial charge in [-0.3, -0.25) is 9.78 Å². The molecule has 1 amide bonds. The summed E-state index contributed by atoms with van der Waals surface area (Å²) in [6, 6.07) is 23.4. The zero-order valence-corrected chi connectivity index (χ0v) is 21.8. The molecule has 0 radical (unpaired) electrons. The lowest BCUT2D eigenvalue weighted by Crippen LogP contribution is -2.29. The molecule has 1 saturated heterocycles. The van der Waals surface area contributed by atoms with Crippen molar-refractivity contribution in [2.24, 2.45) is 0 Å². The maximum Gasteiger partial charge on any atom is 0.221 e. The Hall–Kier alpha value is -3.68. The number of para-hydroxylation sites is 1. The molecule has 0 spiro atoms. The minimum atomic E-state index is -0.158. The smallest absolute Gasteiger partial charge is 0.221 e. The number of carbonyl (C=O) groups is 1. The second kappa shape index (κ2) is 9.76. The molecule has 0 unspecified atom stereocenters. The standard InChI is InChI=1S/C28H26ClN5OS/c1-17-16-22(18(2)33(17)25-10-5-4-8-23(25)29)27-26(24-9-6-7-15-30-24)32-28(36)34(27)21-13-11-20(12-14-21)31-19(3)35/h4-16,26-27H,1-3H3,(H,31,35)(H,32,36)/t26-,27-/m0/s1. The Labute approximate surface area is 220 Å². The summed E-state index contributed by atoms with van der Waals surface area (Å²) in [5.74, 6) is -0.110. The zero-order chi connectivity index (χ0) is 25.4. The quantitative estimate of drug-likeness (QED) is 0.306. The SMILES string of the molecule is CC(=O)Nc1ccc(N2C(=S)N[C@@H](c3ccccn3)[C@@H]2c2cc(C)n(-c3ccccc3Cl)c2C)cc1. The molecule has 4 aromatic rings. The van der Waals surface area contributed by atoms with Crippen LogP contribution in [0.15, 0.2) is 79.0 Å². The number of carbonyl (C=O) groups excluding carboxylic acids is 1. The average Bonchev–Trinajstić information content (AvgIpc) is 3.35. The molecule has 0 saturated carbocycles. The molecule has 36 heavy (non-hydrogen) atoms. The lowest BCUT2D eigenvalue weighted by atomic mass is 9.96. The van der Waals surface area contributed by atoms with Crippen molar-refractivity contribution in [3.63, 3.8) is 0 Å². The third-order valence-corrected chi connectivity index (χ3v) is 7.08. The van der Waals surface area contributed by atoms with E-state index in [0.717, 1.165) is 39.7 Å². The minimum absolute atomic E-state index is 0.110. The molecule has 0 bridgehead atoms. The van der Waals surface area contributed by atoms with Crippen LogP contribution in [0.3, 0.4) is 0 Å². The summed E-state index contributed by atoms with van der Waals surface area (Å²) in [7, 11) is 0. The van der Waals surface area contributed by atoms with Crippen molar-refractivity contribution in [3.8, 4) is 5.69 Å². The van der Waals surface area contributed by atoms with Gasteiger partial charge in [0.25, 0.3) is 0 Å². The fourth-order valence-electron chi connectivity index (χ4n) is 4.95. The lowest BCUT2D eigenvalue weighted by Gasteiger charge is -2.28. The fraction of sp³-hybridized carbons (Fsp3) is 0.179. The number of hydrogen-bond donors (Lipinski definition) is 2. The van der Waals surface area contributed by atoms with E-state index >= 15 is 0 Å². The highest BCUT2D eigenvalue weighted by Gasteiger charge is 2.42. The molecule has 3 heterocycles. The first-order chi connectivity index (χ1) is 17.3. The van der Waals surface area contributed by atoms with Gasteiger partial charge in [0, 0.05) is 35.9 Å². The average molecular weight is 516 g/mol. The Morgan fingerprint density at radius 2 is 1.78 bits per heavy atom. The molecule has 2 aromatic heterocycles. The van der Waals surface area contributed by atoms with Gasteiger partial charge < -0.3 is 20.1 Å². The number of hydrogen-bond acceptors (Lipinski definition) is 3. The summed E-state index contributed by atoms with van der Waals surface area (Å²) in [5.41, 5.74) is 6.79. The molecular weight excluding hydrogens is 490 g/mol. The lowest BCUT2D eigenvalue weighted by molar-refractivity contribution is -0.114. The summed E-state index contributed by atoms with van der Waals surface area (Å²) in [6.07, 6.45) is 1.80. The van der Waals surface area contributed by atoms with Gasteiger partial charge in [0.2, 0.25) is 5.91 Å². The number of halogens is 1. The molecule has 1 aliphatic rings. The second-order valence-corrected chi connectivity index (χ2v) is 9.63. The first-order valence-electron chi connectivity index (χ1n) is 11.7. The molecule has 1 aliphatic heterocycles. The molecule has 1 fully saturated rings. The molecule has 2 aromatic carbocycles. The fourth-order valence-corrected chi connectivity index (χ4v) is 5.51. The minimum Gasteiger partial charge on any atom is -0.351 e. The van der Waals surface area contributed by atoms with Crippen molar-refractivity contribution in [1.82, 2.24) is 14.9 Å². The van der Waals surface area contributed by atoms with Crippen LogP contribution < -0.4 is 15.5 Å². The van der Waals surface area contributed by atoms with Crippen molar-refractivity contribution >= 4 is 46.2 Å². The van der Waals surface area contributed by atoms with Crippen molar-refractivity contribution in [3.05, 3.63) is 107 Å².